The number of rotatable bonds is 8. The molecule has 0 spiro atoms. The van der Waals surface area contributed by atoms with Gasteiger partial charge >= 0.3 is 0 Å². The zero-order valence-corrected chi connectivity index (χ0v) is 12.9. The van der Waals surface area contributed by atoms with Gasteiger partial charge in [-0.1, -0.05) is 47.0 Å². The van der Waals surface area contributed by atoms with Gasteiger partial charge in [0.25, 0.3) is 0 Å². The summed E-state index contributed by atoms with van der Waals surface area (Å²) in [7, 11) is 0. The van der Waals surface area contributed by atoms with Gasteiger partial charge in [-0.3, -0.25) is 0 Å². The van der Waals surface area contributed by atoms with Crippen molar-refractivity contribution in [3.05, 3.63) is 0 Å². The molecule has 1 fully saturated rings. The molecule has 1 N–H and O–H groups in total. The van der Waals surface area contributed by atoms with E-state index in [1.807, 2.05) is 0 Å². The Labute approximate surface area is 114 Å². The first-order valence-electron chi connectivity index (χ1n) is 7.93. The zero-order chi connectivity index (χ0) is 13.4. The third-order valence-electron chi connectivity index (χ3n) is 4.28. The summed E-state index contributed by atoms with van der Waals surface area (Å²) in [6.45, 7) is 12.3. The molecule has 1 aliphatic rings. The van der Waals surface area contributed by atoms with Crippen molar-refractivity contribution >= 4 is 0 Å². The first-order valence-corrected chi connectivity index (χ1v) is 7.93. The van der Waals surface area contributed by atoms with E-state index in [-0.39, 0.29) is 0 Å². The van der Waals surface area contributed by atoms with E-state index < -0.39 is 0 Å². The smallest absolute Gasteiger partial charge is 0.0594 e. The highest BCUT2D eigenvalue weighted by atomic mass is 16.5. The molecular formula is C16H33NO. The van der Waals surface area contributed by atoms with E-state index in [1.54, 1.807) is 0 Å². The molecule has 0 aromatic carbocycles. The largest absolute Gasteiger partial charge is 0.377 e. The molecule has 18 heavy (non-hydrogen) atoms. The van der Waals surface area contributed by atoms with Gasteiger partial charge in [0.05, 0.1) is 12.7 Å². The normalized spacial score (nSPS) is 18.2. The summed E-state index contributed by atoms with van der Waals surface area (Å²) in [6.07, 6.45) is 7.23. The van der Waals surface area contributed by atoms with Crippen molar-refractivity contribution in [3.63, 3.8) is 0 Å². The topological polar surface area (TPSA) is 21.3 Å². The maximum Gasteiger partial charge on any atom is 0.0594 e. The lowest BCUT2D eigenvalue weighted by Crippen LogP contribution is -2.32. The summed E-state index contributed by atoms with van der Waals surface area (Å²) in [5, 5.41) is 3.56. The second-order valence-corrected chi connectivity index (χ2v) is 6.49. The Morgan fingerprint density at radius 1 is 1.00 bits per heavy atom. The van der Waals surface area contributed by atoms with E-state index in [1.165, 1.54) is 32.1 Å². The van der Waals surface area contributed by atoms with Crippen molar-refractivity contribution in [2.75, 3.05) is 19.7 Å². The minimum atomic E-state index is 0.548. The molecule has 0 aliphatic heterocycles. The average molecular weight is 255 g/mol. The van der Waals surface area contributed by atoms with Crippen LogP contribution in [0.1, 0.15) is 59.8 Å². The lowest BCUT2D eigenvalue weighted by Gasteiger charge is -2.26. The van der Waals surface area contributed by atoms with Crippen LogP contribution < -0.4 is 5.32 Å². The van der Waals surface area contributed by atoms with Crippen molar-refractivity contribution < 1.29 is 4.74 Å². The monoisotopic (exact) mass is 255 g/mol. The molecule has 0 aromatic rings. The van der Waals surface area contributed by atoms with Crippen molar-refractivity contribution in [1.29, 1.82) is 0 Å². The summed E-state index contributed by atoms with van der Waals surface area (Å²) in [5.74, 6) is 2.30. The molecule has 0 heterocycles. The lowest BCUT2D eigenvalue weighted by atomic mass is 9.85. The van der Waals surface area contributed by atoms with Crippen LogP contribution in [0, 0.1) is 17.8 Å². The number of ether oxygens (including phenoxy) is 1. The van der Waals surface area contributed by atoms with E-state index in [9.17, 15) is 0 Å². The zero-order valence-electron chi connectivity index (χ0n) is 12.9. The molecular weight excluding hydrogens is 222 g/mol. The number of hydrogen-bond donors (Lipinski definition) is 1. The fourth-order valence-corrected chi connectivity index (χ4v) is 3.04. The predicted molar refractivity (Wildman–Crippen MR) is 78.9 cm³/mol. The molecule has 1 aliphatic carbocycles. The summed E-state index contributed by atoms with van der Waals surface area (Å²) in [4.78, 5) is 0. The van der Waals surface area contributed by atoms with Gasteiger partial charge < -0.3 is 10.1 Å². The molecule has 1 saturated carbocycles. The Morgan fingerprint density at radius 2 is 1.61 bits per heavy atom. The van der Waals surface area contributed by atoms with Gasteiger partial charge in [0, 0.05) is 6.54 Å². The maximum atomic E-state index is 5.92. The average Bonchev–Trinajstić information content (AvgIpc) is 2.34. The van der Waals surface area contributed by atoms with Gasteiger partial charge in [-0.25, -0.2) is 0 Å². The molecule has 0 aromatic heterocycles. The van der Waals surface area contributed by atoms with Crippen molar-refractivity contribution in [3.8, 4) is 0 Å². The van der Waals surface area contributed by atoms with Gasteiger partial charge in [-0.05, 0) is 37.1 Å². The van der Waals surface area contributed by atoms with Crippen LogP contribution in [0.5, 0.6) is 0 Å². The Morgan fingerprint density at radius 3 is 2.17 bits per heavy atom. The molecule has 0 atom stereocenters. The van der Waals surface area contributed by atoms with Crippen LogP contribution in [-0.2, 0) is 4.74 Å². The third kappa shape index (κ3) is 6.19. The van der Waals surface area contributed by atoms with Crippen LogP contribution >= 0.6 is 0 Å². The van der Waals surface area contributed by atoms with E-state index >= 15 is 0 Å². The Balaban J connectivity index is 2.03. The first-order chi connectivity index (χ1) is 8.61. The molecule has 0 bridgehead atoms. The van der Waals surface area contributed by atoms with Crippen LogP contribution in [0.4, 0.5) is 0 Å². The summed E-state index contributed by atoms with van der Waals surface area (Å²) < 4.78 is 5.92. The molecule has 2 nitrogen and oxygen atoms in total. The Hall–Kier alpha value is -0.0800. The lowest BCUT2D eigenvalue weighted by molar-refractivity contribution is 0.0296. The highest BCUT2D eigenvalue weighted by Gasteiger charge is 2.17. The van der Waals surface area contributed by atoms with Crippen molar-refractivity contribution in [2.45, 2.75) is 65.9 Å². The van der Waals surface area contributed by atoms with Crippen LogP contribution in [0.2, 0.25) is 0 Å². The molecule has 0 radical (unpaired) electrons. The van der Waals surface area contributed by atoms with E-state index in [2.05, 4.69) is 33.0 Å². The van der Waals surface area contributed by atoms with Gasteiger partial charge in [-0.15, -0.1) is 0 Å². The number of nitrogens with one attached hydrogen (secondary N) is 1. The second kappa shape index (κ2) is 8.92. The van der Waals surface area contributed by atoms with Crippen LogP contribution in [-0.4, -0.2) is 25.8 Å². The molecule has 2 heteroatoms. The van der Waals surface area contributed by atoms with Crippen molar-refractivity contribution in [2.24, 2.45) is 17.8 Å². The predicted octanol–water partition coefficient (Wildman–Crippen LogP) is 3.85. The fraction of sp³-hybridized carbons (Fsp3) is 1.00. The second-order valence-electron chi connectivity index (χ2n) is 6.49. The third-order valence-corrected chi connectivity index (χ3v) is 4.28. The minimum absolute atomic E-state index is 0.548. The minimum Gasteiger partial charge on any atom is -0.377 e. The quantitative estimate of drug-likeness (QED) is 0.665. The molecule has 0 unspecified atom stereocenters. The van der Waals surface area contributed by atoms with E-state index in [0.717, 1.165) is 37.5 Å². The highest BCUT2D eigenvalue weighted by Crippen LogP contribution is 2.20. The van der Waals surface area contributed by atoms with E-state index in [4.69, 9.17) is 4.74 Å². The van der Waals surface area contributed by atoms with Crippen LogP contribution in [0.25, 0.3) is 0 Å². The van der Waals surface area contributed by atoms with E-state index in [0.29, 0.717) is 6.10 Å². The summed E-state index contributed by atoms with van der Waals surface area (Å²) in [5.41, 5.74) is 0. The molecule has 1 rings (SSSR count). The van der Waals surface area contributed by atoms with Gasteiger partial charge in [-0.2, -0.15) is 0 Å². The maximum absolute atomic E-state index is 5.92. The standard InChI is InChI=1S/C16H33NO/c1-13(2)16(14(3)4)12-17-10-11-18-15-8-6-5-7-9-15/h13-17H,5-12H2,1-4H3. The summed E-state index contributed by atoms with van der Waals surface area (Å²) >= 11 is 0. The van der Waals surface area contributed by atoms with Crippen LogP contribution in [0.3, 0.4) is 0 Å². The molecule has 108 valence electrons. The number of hydrogen-bond acceptors (Lipinski definition) is 2. The molecule has 0 saturated heterocycles. The van der Waals surface area contributed by atoms with Gasteiger partial charge in [0.1, 0.15) is 0 Å². The SMILES string of the molecule is CC(C)C(CNCCOC1CCCCC1)C(C)C. The Kier molecular flexibility index (Phi) is 7.92. The highest BCUT2D eigenvalue weighted by molar-refractivity contribution is 4.70. The Bertz CT molecular complexity index is 189. The molecule has 0 amide bonds. The van der Waals surface area contributed by atoms with Crippen molar-refractivity contribution in [1.82, 2.24) is 5.32 Å². The van der Waals surface area contributed by atoms with Gasteiger partial charge in [0.15, 0.2) is 0 Å². The first kappa shape index (κ1) is 16.0. The fourth-order valence-electron chi connectivity index (χ4n) is 3.04. The van der Waals surface area contributed by atoms with Crippen LogP contribution in [0.15, 0.2) is 0 Å². The summed E-state index contributed by atoms with van der Waals surface area (Å²) in [6, 6.07) is 0. The van der Waals surface area contributed by atoms with Gasteiger partial charge in [0.2, 0.25) is 0 Å².